The third kappa shape index (κ3) is 4.04. The maximum absolute atomic E-state index is 13.2. The number of aryl methyl sites for hydroxylation is 1. The number of hydrogen-bond acceptors (Lipinski definition) is 8. The molecule has 34 heavy (non-hydrogen) atoms. The first kappa shape index (κ1) is 23.5. The predicted octanol–water partition coefficient (Wildman–Crippen LogP) is 4.53. The van der Waals surface area contributed by atoms with Gasteiger partial charge in [-0.1, -0.05) is 35.1 Å². The number of methoxy groups -OCH3 is 2. The predicted molar refractivity (Wildman–Crippen MR) is 127 cm³/mol. The second kappa shape index (κ2) is 9.28. The number of hydrogen-bond donors (Lipinski definition) is 1. The molecule has 1 N–H and O–H groups in total. The van der Waals surface area contributed by atoms with Gasteiger partial charge in [0.05, 0.1) is 31.5 Å². The molecule has 174 valence electrons. The van der Waals surface area contributed by atoms with E-state index < -0.39 is 23.7 Å². The number of carbonyl (C=O) groups excluding carboxylic acids is 3. The Morgan fingerprint density at radius 3 is 2.32 bits per heavy atom. The number of nitrogens with zero attached hydrogens (tertiary/aromatic N) is 2. The smallest absolute Gasteiger partial charge is 0.350 e. The van der Waals surface area contributed by atoms with Crippen molar-refractivity contribution in [1.29, 1.82) is 0 Å². The molecule has 3 aromatic rings. The van der Waals surface area contributed by atoms with Gasteiger partial charge in [0.15, 0.2) is 5.13 Å². The Morgan fingerprint density at radius 2 is 1.74 bits per heavy atom. The van der Waals surface area contributed by atoms with E-state index in [9.17, 15) is 19.5 Å². The van der Waals surface area contributed by atoms with Gasteiger partial charge < -0.3 is 14.6 Å². The van der Waals surface area contributed by atoms with Crippen LogP contribution < -0.4 is 9.64 Å². The number of aliphatic hydroxyl groups excluding tert-OH is 1. The van der Waals surface area contributed by atoms with Gasteiger partial charge in [0.2, 0.25) is 0 Å². The highest BCUT2D eigenvalue weighted by molar-refractivity contribution is 7.17. The van der Waals surface area contributed by atoms with Crippen LogP contribution in [0.3, 0.4) is 0 Å². The van der Waals surface area contributed by atoms with Gasteiger partial charge in [-0.25, -0.2) is 9.78 Å². The van der Waals surface area contributed by atoms with Crippen LogP contribution in [0.5, 0.6) is 5.75 Å². The van der Waals surface area contributed by atoms with Crippen molar-refractivity contribution in [2.45, 2.75) is 13.0 Å². The quantitative estimate of drug-likeness (QED) is 0.238. The number of Topliss-reactive ketones (excluding diaryl/α,β-unsaturated/α-hetero) is 1. The molecule has 4 rings (SSSR count). The fraction of sp³-hybridized carbons (Fsp3) is 0.167. The van der Waals surface area contributed by atoms with E-state index in [1.54, 1.807) is 55.5 Å². The summed E-state index contributed by atoms with van der Waals surface area (Å²) in [6.45, 7) is 1.61. The number of ether oxygens (including phenoxy) is 2. The average Bonchev–Trinajstić information content (AvgIpc) is 3.35. The molecule has 1 saturated heterocycles. The van der Waals surface area contributed by atoms with Gasteiger partial charge in [0.25, 0.3) is 5.78 Å². The van der Waals surface area contributed by atoms with Crippen LogP contribution in [0, 0.1) is 6.92 Å². The second-order valence-electron chi connectivity index (χ2n) is 7.35. The lowest BCUT2D eigenvalue weighted by molar-refractivity contribution is -0.132. The number of thiazole rings is 1. The number of aliphatic hydroxyl groups is 1. The first-order valence-corrected chi connectivity index (χ1v) is 11.2. The molecule has 8 nitrogen and oxygen atoms in total. The Labute approximate surface area is 204 Å². The van der Waals surface area contributed by atoms with Crippen molar-refractivity contribution in [2.24, 2.45) is 0 Å². The van der Waals surface area contributed by atoms with Crippen LogP contribution in [-0.4, -0.2) is 42.0 Å². The van der Waals surface area contributed by atoms with Crippen molar-refractivity contribution < 1.29 is 29.0 Å². The molecule has 2 heterocycles. The van der Waals surface area contributed by atoms with E-state index in [0.29, 0.717) is 27.6 Å². The zero-order chi connectivity index (χ0) is 24.6. The summed E-state index contributed by atoms with van der Waals surface area (Å²) in [7, 11) is 2.76. The highest BCUT2D eigenvalue weighted by Gasteiger charge is 2.48. The number of halogens is 1. The Kier molecular flexibility index (Phi) is 6.41. The number of ketones is 1. The van der Waals surface area contributed by atoms with Crippen molar-refractivity contribution in [1.82, 2.24) is 4.98 Å². The minimum absolute atomic E-state index is 0.107. The molecule has 0 aliphatic carbocycles. The Hall–Kier alpha value is -3.69. The summed E-state index contributed by atoms with van der Waals surface area (Å²) < 4.78 is 9.94. The summed E-state index contributed by atoms with van der Waals surface area (Å²) in [6.07, 6.45) is 0. The largest absolute Gasteiger partial charge is 0.507 e. The molecular weight excluding hydrogens is 480 g/mol. The lowest BCUT2D eigenvalue weighted by atomic mass is 9.95. The summed E-state index contributed by atoms with van der Waals surface area (Å²) in [6, 6.07) is 12.0. The molecule has 1 aliphatic heterocycles. The van der Waals surface area contributed by atoms with Crippen LogP contribution in [0.1, 0.15) is 32.5 Å². The van der Waals surface area contributed by atoms with Crippen molar-refractivity contribution >= 4 is 51.5 Å². The van der Waals surface area contributed by atoms with Crippen LogP contribution in [-0.2, 0) is 14.3 Å². The molecular formula is C24H19ClN2O6S. The van der Waals surface area contributed by atoms with Crippen LogP contribution in [0.2, 0.25) is 5.02 Å². The van der Waals surface area contributed by atoms with Crippen molar-refractivity contribution in [2.75, 3.05) is 19.1 Å². The third-order valence-corrected chi connectivity index (χ3v) is 6.74. The number of anilines is 1. The zero-order valence-electron chi connectivity index (χ0n) is 18.4. The van der Waals surface area contributed by atoms with E-state index in [-0.39, 0.29) is 21.3 Å². The first-order chi connectivity index (χ1) is 16.3. The number of esters is 1. The van der Waals surface area contributed by atoms with E-state index >= 15 is 0 Å². The molecule has 1 aromatic heterocycles. The molecule has 1 aliphatic rings. The fourth-order valence-corrected chi connectivity index (χ4v) is 4.80. The SMILES string of the molecule is COC(=O)c1sc(N2C(=O)C(=O)C(=C(O)c3ccc(OC)cc3)[C@@H]2c2ccc(Cl)cc2)nc1C. The van der Waals surface area contributed by atoms with Crippen LogP contribution >= 0.6 is 22.9 Å². The van der Waals surface area contributed by atoms with Gasteiger partial charge in [-0.15, -0.1) is 0 Å². The minimum Gasteiger partial charge on any atom is -0.507 e. The zero-order valence-corrected chi connectivity index (χ0v) is 19.9. The molecule has 0 saturated carbocycles. The maximum atomic E-state index is 13.2. The second-order valence-corrected chi connectivity index (χ2v) is 8.77. The number of amides is 1. The van der Waals surface area contributed by atoms with Gasteiger partial charge >= 0.3 is 11.9 Å². The van der Waals surface area contributed by atoms with Gasteiger partial charge in [0.1, 0.15) is 16.4 Å². The number of carbonyl (C=O) groups is 3. The van der Waals surface area contributed by atoms with Crippen molar-refractivity contribution in [3.63, 3.8) is 0 Å². The topological polar surface area (TPSA) is 106 Å². The molecule has 0 unspecified atom stereocenters. The van der Waals surface area contributed by atoms with Gasteiger partial charge in [-0.05, 0) is 48.9 Å². The van der Waals surface area contributed by atoms with Crippen LogP contribution in [0.15, 0.2) is 54.1 Å². The summed E-state index contributed by atoms with van der Waals surface area (Å²) in [4.78, 5) is 44.2. The molecule has 0 radical (unpaired) electrons. The molecule has 1 amide bonds. The molecule has 1 atom stereocenters. The third-order valence-electron chi connectivity index (χ3n) is 5.36. The normalized spacial score (nSPS) is 17.2. The Morgan fingerprint density at radius 1 is 1.09 bits per heavy atom. The van der Waals surface area contributed by atoms with E-state index in [4.69, 9.17) is 21.1 Å². The highest BCUT2D eigenvalue weighted by Crippen LogP contribution is 2.44. The number of rotatable bonds is 5. The first-order valence-electron chi connectivity index (χ1n) is 10.0. The lowest BCUT2D eigenvalue weighted by Crippen LogP contribution is -2.29. The standard InChI is InChI=1S/C24H19ClN2O6S/c1-12-21(23(31)33-3)34-24(26-12)27-18(13-4-8-15(25)9-5-13)17(20(29)22(27)30)19(28)14-6-10-16(32-2)11-7-14/h4-11,18,28H,1-3H3/t18-/m0/s1. The lowest BCUT2D eigenvalue weighted by Gasteiger charge is -2.23. The van der Waals surface area contributed by atoms with Crippen molar-refractivity contribution in [3.8, 4) is 5.75 Å². The van der Waals surface area contributed by atoms with Crippen LogP contribution in [0.4, 0.5) is 5.13 Å². The molecule has 0 bridgehead atoms. The summed E-state index contributed by atoms with van der Waals surface area (Å²) in [5, 5.41) is 11.7. The minimum atomic E-state index is -0.990. The molecule has 2 aromatic carbocycles. The molecule has 10 heteroatoms. The average molecular weight is 499 g/mol. The number of aromatic nitrogens is 1. The summed E-state index contributed by atoms with van der Waals surface area (Å²) >= 11 is 6.98. The van der Waals surface area contributed by atoms with E-state index in [1.807, 2.05) is 0 Å². The Balaban J connectivity index is 1.91. The van der Waals surface area contributed by atoms with E-state index in [1.165, 1.54) is 19.1 Å². The summed E-state index contributed by atoms with van der Waals surface area (Å²) in [5.74, 6) is -2.12. The van der Waals surface area contributed by atoms with Gasteiger partial charge in [0, 0.05) is 10.6 Å². The maximum Gasteiger partial charge on any atom is 0.350 e. The fourth-order valence-electron chi connectivity index (χ4n) is 3.66. The summed E-state index contributed by atoms with van der Waals surface area (Å²) in [5.41, 5.74) is 1.12. The molecule has 0 spiro atoms. The molecule has 1 fully saturated rings. The van der Waals surface area contributed by atoms with Crippen LogP contribution in [0.25, 0.3) is 5.76 Å². The highest BCUT2D eigenvalue weighted by atomic mass is 35.5. The Bertz CT molecular complexity index is 1310. The van der Waals surface area contributed by atoms with Gasteiger partial charge in [-0.3, -0.25) is 14.5 Å². The van der Waals surface area contributed by atoms with Gasteiger partial charge in [-0.2, -0.15) is 0 Å². The van der Waals surface area contributed by atoms with Crippen molar-refractivity contribution in [3.05, 3.63) is 80.8 Å². The monoisotopic (exact) mass is 498 g/mol. The number of benzene rings is 2. The van der Waals surface area contributed by atoms with E-state index in [2.05, 4.69) is 4.98 Å². The van der Waals surface area contributed by atoms with E-state index in [0.717, 1.165) is 11.3 Å².